The molecule has 5 aromatic carbocycles. The molecule has 0 atom stereocenters. The van der Waals surface area contributed by atoms with Crippen molar-refractivity contribution in [1.29, 1.82) is 0 Å². The highest BCUT2D eigenvalue weighted by molar-refractivity contribution is 5.97. The second kappa shape index (κ2) is 13.2. The zero-order chi connectivity index (χ0) is 45.4. The number of hydrogen-bond donors (Lipinski definition) is 1. The lowest BCUT2D eigenvalue weighted by Crippen LogP contribution is -2.17. The second-order valence-electron chi connectivity index (χ2n) is 16.0. The molecular formula is C49H51N3O. The summed E-state index contributed by atoms with van der Waals surface area (Å²) in [6, 6.07) is 35.2. The Hall–Kier alpha value is -5.48. The van der Waals surface area contributed by atoms with Gasteiger partial charge in [0.2, 0.25) is 0 Å². The molecule has 0 aliphatic carbocycles. The number of nitrogens with zero attached hydrogens (tertiary/aromatic N) is 3. The molecule has 0 saturated heterocycles. The topological polar surface area (TPSA) is 50.9 Å². The molecule has 0 radical (unpaired) electrons. The van der Waals surface area contributed by atoms with Gasteiger partial charge < -0.3 is 5.11 Å². The SMILES string of the molecule is [2H]C([2H])([2H])C(c1cc(-c2cc(-c3ccc(C)cc3)ccn2)cc(-c2cccc3c2nc(-c2cc(C(C)(C)C)cc(C(C)(C)C)c2O)n3-c2ccccc2)c1)(C([2H])([2H])[2H])C([2H])([2H])[2H]. The first-order chi connectivity index (χ1) is 28.7. The second-order valence-corrected chi connectivity index (χ2v) is 16.0. The average molecular weight is 707 g/mol. The summed E-state index contributed by atoms with van der Waals surface area (Å²) in [5.74, 6) is 0.527. The Labute approximate surface area is 327 Å². The largest absolute Gasteiger partial charge is 0.507 e. The molecule has 0 amide bonds. The Morgan fingerprint density at radius 1 is 0.604 bits per heavy atom. The Morgan fingerprint density at radius 3 is 1.98 bits per heavy atom. The van der Waals surface area contributed by atoms with Crippen LogP contribution in [0.4, 0.5) is 0 Å². The van der Waals surface area contributed by atoms with Crippen LogP contribution >= 0.6 is 0 Å². The van der Waals surface area contributed by atoms with Crippen molar-refractivity contribution in [3.8, 4) is 56.3 Å². The van der Waals surface area contributed by atoms with Gasteiger partial charge in [0, 0.05) is 40.9 Å². The van der Waals surface area contributed by atoms with Crippen LogP contribution in [0.2, 0.25) is 0 Å². The number of fused-ring (bicyclic) bond motifs is 1. The van der Waals surface area contributed by atoms with Crippen LogP contribution in [0.25, 0.3) is 61.6 Å². The van der Waals surface area contributed by atoms with Crippen LogP contribution in [0.15, 0.2) is 121 Å². The number of rotatable bonds is 5. The van der Waals surface area contributed by atoms with E-state index in [-0.39, 0.29) is 11.2 Å². The van der Waals surface area contributed by atoms with E-state index in [4.69, 9.17) is 17.3 Å². The molecule has 4 nitrogen and oxygen atoms in total. The average Bonchev–Trinajstić information content (AvgIpc) is 3.56. The fourth-order valence-corrected chi connectivity index (χ4v) is 6.82. The summed E-state index contributed by atoms with van der Waals surface area (Å²) in [7, 11) is 0. The highest BCUT2D eigenvalue weighted by Crippen LogP contribution is 2.45. The van der Waals surface area contributed by atoms with Crippen molar-refractivity contribution in [1.82, 2.24) is 14.5 Å². The Morgan fingerprint density at radius 2 is 1.30 bits per heavy atom. The summed E-state index contributed by atoms with van der Waals surface area (Å²) < 4.78 is 79.8. The van der Waals surface area contributed by atoms with Gasteiger partial charge in [-0.1, -0.05) is 134 Å². The first kappa shape index (κ1) is 26.3. The molecule has 0 saturated carbocycles. The van der Waals surface area contributed by atoms with Crippen molar-refractivity contribution in [3.05, 3.63) is 144 Å². The molecule has 0 fully saturated rings. The van der Waals surface area contributed by atoms with Gasteiger partial charge in [-0.3, -0.25) is 9.55 Å². The molecular weight excluding hydrogens is 647 g/mol. The van der Waals surface area contributed by atoms with Gasteiger partial charge in [0.05, 0.1) is 22.3 Å². The van der Waals surface area contributed by atoms with E-state index in [0.717, 1.165) is 33.5 Å². The zero-order valence-corrected chi connectivity index (χ0v) is 31.3. The fraction of sp³-hybridized carbons (Fsp3) is 0.265. The van der Waals surface area contributed by atoms with Gasteiger partial charge in [0.1, 0.15) is 11.6 Å². The predicted molar refractivity (Wildman–Crippen MR) is 223 cm³/mol. The number of aromatic hydroxyl groups is 1. The standard InChI is InChI=1S/C49H51N3O/c1-31-19-21-32(22-20-31)33-23-24-50-42(28-33)35-25-34(26-36(27-35)47(2,3)4)39-17-14-18-43-44(39)51-46(52(43)38-15-12-11-13-16-38)40-29-37(48(5,6)7)30-41(45(40)53)49(8,9)10/h11-30,53H,1-10H3/i2D3,3D3,4D3. The number of imidazole rings is 1. The van der Waals surface area contributed by atoms with Crippen molar-refractivity contribution in [3.63, 3.8) is 0 Å². The minimum Gasteiger partial charge on any atom is -0.507 e. The monoisotopic (exact) mass is 706 g/mol. The molecule has 2 aromatic heterocycles. The number of aromatic nitrogens is 3. The molecule has 0 spiro atoms. The van der Waals surface area contributed by atoms with Crippen LogP contribution < -0.4 is 0 Å². The van der Waals surface area contributed by atoms with E-state index < -0.39 is 36.9 Å². The van der Waals surface area contributed by atoms with Gasteiger partial charge in [-0.2, -0.15) is 0 Å². The minimum atomic E-state index is -3.51. The Balaban J connectivity index is 1.60. The van der Waals surface area contributed by atoms with Gasteiger partial charge in [-0.25, -0.2) is 4.98 Å². The van der Waals surface area contributed by atoms with E-state index in [1.54, 1.807) is 18.3 Å². The molecule has 0 aliphatic rings. The first-order valence-electron chi connectivity index (χ1n) is 22.4. The van der Waals surface area contributed by atoms with Crippen molar-refractivity contribution in [2.75, 3.05) is 0 Å². The molecule has 268 valence electrons. The molecule has 7 rings (SSSR count). The summed E-state index contributed by atoms with van der Waals surface area (Å²) in [5, 5.41) is 12.2. The van der Waals surface area contributed by atoms with Crippen molar-refractivity contribution >= 4 is 11.0 Å². The lowest BCUT2D eigenvalue weighted by molar-refractivity contribution is 0.446. The van der Waals surface area contributed by atoms with E-state index in [0.29, 0.717) is 44.8 Å². The van der Waals surface area contributed by atoms with E-state index in [2.05, 4.69) is 25.8 Å². The van der Waals surface area contributed by atoms with E-state index in [1.165, 1.54) is 12.1 Å². The molecule has 53 heavy (non-hydrogen) atoms. The third-order valence-corrected chi connectivity index (χ3v) is 9.84. The van der Waals surface area contributed by atoms with Crippen LogP contribution in [0, 0.1) is 6.92 Å². The van der Waals surface area contributed by atoms with Crippen LogP contribution in [0.3, 0.4) is 0 Å². The van der Waals surface area contributed by atoms with Crippen molar-refractivity contribution in [2.45, 2.75) is 85.3 Å². The molecule has 1 N–H and O–H groups in total. The maximum atomic E-state index is 12.2. The minimum absolute atomic E-state index is 0.0844. The summed E-state index contributed by atoms with van der Waals surface area (Å²) >= 11 is 0. The summed E-state index contributed by atoms with van der Waals surface area (Å²) in [6.07, 6.45) is 1.61. The number of phenolic OH excluding ortho intramolecular Hbond substituents is 1. The Bertz CT molecular complexity index is 2750. The number of aryl methyl sites for hydroxylation is 1. The number of hydrogen-bond acceptors (Lipinski definition) is 3. The van der Waals surface area contributed by atoms with E-state index in [9.17, 15) is 5.11 Å². The highest BCUT2D eigenvalue weighted by atomic mass is 16.3. The van der Waals surface area contributed by atoms with E-state index in [1.807, 2.05) is 123 Å². The predicted octanol–water partition coefficient (Wildman–Crippen LogP) is 13.0. The zero-order valence-electron chi connectivity index (χ0n) is 40.3. The van der Waals surface area contributed by atoms with Crippen molar-refractivity contribution < 1.29 is 17.4 Å². The van der Waals surface area contributed by atoms with Crippen molar-refractivity contribution in [2.24, 2.45) is 0 Å². The molecule has 0 bridgehead atoms. The van der Waals surface area contributed by atoms with Gasteiger partial charge in [-0.15, -0.1) is 0 Å². The number of phenols is 1. The molecule has 0 aliphatic heterocycles. The Kier molecular flexibility index (Phi) is 6.54. The summed E-state index contributed by atoms with van der Waals surface area (Å²) in [4.78, 5) is 9.95. The van der Waals surface area contributed by atoms with Gasteiger partial charge in [0.15, 0.2) is 0 Å². The summed E-state index contributed by atoms with van der Waals surface area (Å²) in [5.41, 5.74) is 3.97. The van der Waals surface area contributed by atoms with Crippen LogP contribution in [-0.4, -0.2) is 19.6 Å². The normalized spacial score (nSPS) is 15.6. The van der Waals surface area contributed by atoms with Crippen LogP contribution in [-0.2, 0) is 16.2 Å². The lowest BCUT2D eigenvalue weighted by atomic mass is 9.79. The lowest BCUT2D eigenvalue weighted by Gasteiger charge is -2.27. The molecule has 4 heteroatoms. The molecule has 7 aromatic rings. The van der Waals surface area contributed by atoms with E-state index >= 15 is 0 Å². The van der Waals surface area contributed by atoms with Gasteiger partial charge in [0.25, 0.3) is 0 Å². The van der Waals surface area contributed by atoms with Gasteiger partial charge in [-0.05, 0) is 99.5 Å². The number of pyridine rings is 1. The van der Waals surface area contributed by atoms with Crippen LogP contribution in [0.5, 0.6) is 5.75 Å². The summed E-state index contributed by atoms with van der Waals surface area (Å²) in [6.45, 7) is 3.94. The quantitative estimate of drug-likeness (QED) is 0.194. The first-order valence-corrected chi connectivity index (χ1v) is 17.9. The number of para-hydroxylation sites is 2. The van der Waals surface area contributed by atoms with Gasteiger partial charge >= 0.3 is 0 Å². The number of benzene rings is 5. The molecule has 2 heterocycles. The third-order valence-electron chi connectivity index (χ3n) is 9.84. The highest BCUT2D eigenvalue weighted by Gasteiger charge is 2.29. The fourth-order valence-electron chi connectivity index (χ4n) is 6.82. The maximum Gasteiger partial charge on any atom is 0.149 e. The maximum absolute atomic E-state index is 12.2. The molecule has 0 unspecified atom stereocenters. The van der Waals surface area contributed by atoms with Crippen LogP contribution in [0.1, 0.15) is 96.7 Å². The third kappa shape index (κ3) is 7.03. The smallest absolute Gasteiger partial charge is 0.149 e.